The lowest BCUT2D eigenvalue weighted by molar-refractivity contribution is -0.137. The first-order valence-electron chi connectivity index (χ1n) is 9.64. The van der Waals surface area contributed by atoms with E-state index < -0.39 is 23.9 Å². The largest absolute Gasteiger partial charge is 0.416 e. The number of aliphatic hydroxyl groups is 1. The number of aromatic amines is 1. The van der Waals surface area contributed by atoms with Crippen LogP contribution in [0, 0.1) is 0 Å². The van der Waals surface area contributed by atoms with Crippen molar-refractivity contribution in [2.24, 2.45) is 0 Å². The number of aromatic nitrogens is 2. The summed E-state index contributed by atoms with van der Waals surface area (Å²) in [5.41, 5.74) is 1.03. The summed E-state index contributed by atoms with van der Waals surface area (Å²) in [4.78, 5) is 21.8. The highest BCUT2D eigenvalue weighted by atomic mass is 19.4. The lowest BCUT2D eigenvalue weighted by atomic mass is 10.0. The number of likely N-dealkylation sites (tertiary alicyclic amines) is 1. The average Bonchev–Trinajstić information content (AvgIpc) is 3.32. The van der Waals surface area contributed by atoms with E-state index in [1.54, 1.807) is 6.07 Å². The summed E-state index contributed by atoms with van der Waals surface area (Å²) in [7, 11) is 0. The van der Waals surface area contributed by atoms with Crippen LogP contribution in [0.25, 0.3) is 11.0 Å². The van der Waals surface area contributed by atoms with Crippen LogP contribution in [0.4, 0.5) is 19.1 Å². The third kappa shape index (κ3) is 4.40. The molecule has 0 aliphatic carbocycles. The summed E-state index contributed by atoms with van der Waals surface area (Å²) in [5.74, 6) is 0.130. The van der Waals surface area contributed by atoms with E-state index in [1.807, 2.05) is 24.3 Å². The molecule has 9 heteroatoms. The zero-order chi connectivity index (χ0) is 21.3. The second-order valence-electron chi connectivity index (χ2n) is 7.41. The van der Waals surface area contributed by atoms with Gasteiger partial charge in [-0.05, 0) is 36.2 Å². The molecule has 4 rings (SSSR count). The van der Waals surface area contributed by atoms with Gasteiger partial charge in [-0.3, -0.25) is 4.79 Å². The number of para-hydroxylation sites is 2. The van der Waals surface area contributed by atoms with Gasteiger partial charge in [0.2, 0.25) is 11.9 Å². The quantitative estimate of drug-likeness (QED) is 0.590. The van der Waals surface area contributed by atoms with E-state index in [0.717, 1.165) is 17.6 Å². The summed E-state index contributed by atoms with van der Waals surface area (Å²) < 4.78 is 39.6. The fourth-order valence-electron chi connectivity index (χ4n) is 3.64. The molecule has 1 aliphatic rings. The van der Waals surface area contributed by atoms with E-state index in [1.165, 1.54) is 11.0 Å². The number of β-amino-alcohol motifs (C(OH)–C–C–N with tert-alkyl or cyclic N) is 1. The van der Waals surface area contributed by atoms with Crippen LogP contribution in [-0.4, -0.2) is 45.1 Å². The molecule has 1 saturated heterocycles. The maximum atomic E-state index is 13.2. The van der Waals surface area contributed by atoms with Crippen LogP contribution in [0.1, 0.15) is 30.0 Å². The summed E-state index contributed by atoms with van der Waals surface area (Å²) in [5, 5.41) is 12.8. The second kappa shape index (κ2) is 7.98. The molecule has 3 N–H and O–H groups in total. The number of fused-ring (bicyclic) bond motifs is 1. The minimum absolute atomic E-state index is 0.0644. The topological polar surface area (TPSA) is 81.2 Å². The number of hydrogen-bond acceptors (Lipinski definition) is 4. The Kier molecular flexibility index (Phi) is 5.38. The Morgan fingerprint density at radius 2 is 2.07 bits per heavy atom. The van der Waals surface area contributed by atoms with Crippen LogP contribution in [0.5, 0.6) is 0 Å². The number of carbonyl (C=O) groups is 1. The maximum Gasteiger partial charge on any atom is 0.416 e. The number of imidazole rings is 1. The van der Waals surface area contributed by atoms with Gasteiger partial charge in [0.05, 0.1) is 35.2 Å². The maximum absolute atomic E-state index is 13.2. The van der Waals surface area contributed by atoms with E-state index in [0.29, 0.717) is 30.0 Å². The molecule has 0 saturated carbocycles. The van der Waals surface area contributed by atoms with Crippen LogP contribution in [0.3, 0.4) is 0 Å². The van der Waals surface area contributed by atoms with Crippen LogP contribution in [0.15, 0.2) is 48.5 Å². The fraction of sp³-hybridized carbons (Fsp3) is 0.333. The summed E-state index contributed by atoms with van der Waals surface area (Å²) in [6.07, 6.45) is -4.62. The van der Waals surface area contributed by atoms with Gasteiger partial charge in [-0.1, -0.05) is 24.3 Å². The van der Waals surface area contributed by atoms with Gasteiger partial charge in [0.1, 0.15) is 0 Å². The Hall–Kier alpha value is -3.07. The number of carbonyl (C=O) groups excluding carboxylic acids is 1. The molecular weight excluding hydrogens is 397 g/mol. The molecule has 1 aliphatic heterocycles. The smallest absolute Gasteiger partial charge is 0.391 e. The van der Waals surface area contributed by atoms with E-state index >= 15 is 0 Å². The number of hydrogen-bond donors (Lipinski definition) is 3. The molecule has 1 aromatic heterocycles. The van der Waals surface area contributed by atoms with E-state index in [-0.39, 0.29) is 18.9 Å². The predicted octanol–water partition coefficient (Wildman–Crippen LogP) is 3.72. The average molecular weight is 418 g/mol. The zero-order valence-corrected chi connectivity index (χ0v) is 16.0. The minimum atomic E-state index is -4.48. The third-order valence-corrected chi connectivity index (χ3v) is 5.21. The first-order valence-corrected chi connectivity index (χ1v) is 9.64. The molecule has 2 heterocycles. The Balaban J connectivity index is 1.63. The zero-order valence-electron chi connectivity index (χ0n) is 16.0. The van der Waals surface area contributed by atoms with Crippen LogP contribution in [-0.2, 0) is 11.0 Å². The van der Waals surface area contributed by atoms with Gasteiger partial charge in [-0.2, -0.15) is 13.2 Å². The third-order valence-electron chi connectivity index (χ3n) is 5.21. The number of nitrogens with zero attached hydrogens (tertiary/aromatic N) is 2. The Morgan fingerprint density at radius 3 is 2.77 bits per heavy atom. The fourth-order valence-corrected chi connectivity index (χ4v) is 3.64. The van der Waals surface area contributed by atoms with Crippen molar-refractivity contribution in [2.75, 3.05) is 18.4 Å². The lowest BCUT2D eigenvalue weighted by Crippen LogP contribution is -2.32. The predicted molar refractivity (Wildman–Crippen MR) is 106 cm³/mol. The number of aliphatic hydroxyl groups excluding tert-OH is 1. The highest BCUT2D eigenvalue weighted by Gasteiger charge is 2.32. The van der Waals surface area contributed by atoms with Crippen molar-refractivity contribution >= 4 is 22.9 Å². The molecule has 3 aromatic rings. The molecular formula is C21H21F3N4O2. The summed E-state index contributed by atoms with van der Waals surface area (Å²) in [6.45, 7) is 0.665. The molecule has 2 atom stereocenters. The highest BCUT2D eigenvalue weighted by Crippen LogP contribution is 2.32. The monoisotopic (exact) mass is 418 g/mol. The number of benzene rings is 2. The first kappa shape index (κ1) is 20.2. The van der Waals surface area contributed by atoms with E-state index in [9.17, 15) is 23.1 Å². The summed E-state index contributed by atoms with van der Waals surface area (Å²) in [6, 6.07) is 11.5. The Bertz CT molecular complexity index is 1020. The molecule has 0 spiro atoms. The number of anilines is 1. The first-order chi connectivity index (χ1) is 14.3. The number of amides is 1. The van der Waals surface area contributed by atoms with Crippen molar-refractivity contribution in [3.05, 3.63) is 59.7 Å². The molecule has 1 unspecified atom stereocenters. The lowest BCUT2D eigenvalue weighted by Gasteiger charge is -2.23. The van der Waals surface area contributed by atoms with Gasteiger partial charge < -0.3 is 20.3 Å². The Morgan fingerprint density at radius 1 is 1.27 bits per heavy atom. The Labute approximate surface area is 170 Å². The number of rotatable bonds is 5. The van der Waals surface area contributed by atoms with Gasteiger partial charge in [0.25, 0.3) is 0 Å². The second-order valence-corrected chi connectivity index (χ2v) is 7.41. The highest BCUT2D eigenvalue weighted by molar-refractivity contribution is 5.79. The standard InChI is InChI=1S/C21H21F3N4O2/c22-21(23,24)14-5-3-4-13(10-14)18(11-19(30)28-9-8-15(29)12-28)27-20-25-16-6-1-2-7-17(16)26-20/h1-7,10,15,18,29H,8-9,11-12H2,(H2,25,26,27)/t15-,18?/m0/s1. The van der Waals surface area contributed by atoms with Crippen LogP contribution in [0.2, 0.25) is 0 Å². The molecule has 1 amide bonds. The van der Waals surface area contributed by atoms with E-state index in [4.69, 9.17) is 0 Å². The van der Waals surface area contributed by atoms with Crippen molar-refractivity contribution in [1.82, 2.24) is 14.9 Å². The molecule has 0 bridgehead atoms. The van der Waals surface area contributed by atoms with Crippen molar-refractivity contribution < 1.29 is 23.1 Å². The minimum Gasteiger partial charge on any atom is -0.391 e. The van der Waals surface area contributed by atoms with Crippen molar-refractivity contribution in [3.8, 4) is 0 Å². The van der Waals surface area contributed by atoms with Gasteiger partial charge in [-0.15, -0.1) is 0 Å². The summed E-state index contributed by atoms with van der Waals surface area (Å²) >= 11 is 0. The molecule has 1 fully saturated rings. The normalized spacial score (nSPS) is 18.0. The van der Waals surface area contributed by atoms with Gasteiger partial charge in [0, 0.05) is 13.1 Å². The van der Waals surface area contributed by atoms with E-state index in [2.05, 4.69) is 15.3 Å². The van der Waals surface area contributed by atoms with Crippen molar-refractivity contribution in [2.45, 2.75) is 31.2 Å². The van der Waals surface area contributed by atoms with Crippen molar-refractivity contribution in [1.29, 1.82) is 0 Å². The molecule has 6 nitrogen and oxygen atoms in total. The SMILES string of the molecule is O=C(CC(Nc1nc2ccccc2[nH]1)c1cccc(C(F)(F)F)c1)N1CC[C@H](O)C1. The van der Waals surface area contributed by atoms with Crippen LogP contribution >= 0.6 is 0 Å². The number of nitrogens with one attached hydrogen (secondary N) is 2. The molecule has 158 valence electrons. The van der Waals surface area contributed by atoms with Crippen LogP contribution < -0.4 is 5.32 Å². The van der Waals surface area contributed by atoms with Gasteiger partial charge in [0.15, 0.2) is 0 Å². The van der Waals surface area contributed by atoms with Crippen molar-refractivity contribution in [3.63, 3.8) is 0 Å². The van der Waals surface area contributed by atoms with Gasteiger partial charge >= 0.3 is 6.18 Å². The molecule has 2 aromatic carbocycles. The molecule has 0 radical (unpaired) electrons. The van der Waals surface area contributed by atoms with Gasteiger partial charge in [-0.25, -0.2) is 4.98 Å². The number of alkyl halides is 3. The number of halogens is 3. The molecule has 30 heavy (non-hydrogen) atoms. The number of H-pyrrole nitrogens is 1.